The highest BCUT2D eigenvalue weighted by Crippen LogP contribution is 2.32. The molecule has 10 nitrogen and oxygen atoms in total. The summed E-state index contributed by atoms with van der Waals surface area (Å²) < 4.78 is 4.67. The molecule has 10 heteroatoms. The molecule has 0 bridgehead atoms. The van der Waals surface area contributed by atoms with Gasteiger partial charge in [-0.1, -0.05) is 0 Å². The molecule has 108 valence electrons. The molecular formula is C10H11N3O7. The van der Waals surface area contributed by atoms with Crippen LogP contribution in [-0.2, 0) is 9.57 Å². The first-order valence-corrected chi connectivity index (χ1v) is 5.36. The van der Waals surface area contributed by atoms with E-state index in [1.54, 1.807) is 6.92 Å². The lowest BCUT2D eigenvalue weighted by Gasteiger charge is -2.18. The van der Waals surface area contributed by atoms with E-state index >= 15 is 0 Å². The fourth-order valence-corrected chi connectivity index (χ4v) is 1.40. The molecule has 1 rings (SSSR count). The average molecular weight is 285 g/mol. The fraction of sp³-hybridized carbons (Fsp3) is 0.300. The quantitative estimate of drug-likeness (QED) is 0.598. The van der Waals surface area contributed by atoms with Crippen molar-refractivity contribution in [3.63, 3.8) is 0 Å². The van der Waals surface area contributed by atoms with Crippen LogP contribution in [0.1, 0.15) is 6.92 Å². The number of ether oxygens (including phenoxy) is 1. The van der Waals surface area contributed by atoms with Gasteiger partial charge in [-0.05, 0) is 13.0 Å². The van der Waals surface area contributed by atoms with Gasteiger partial charge in [-0.25, -0.2) is 4.79 Å². The number of carbonyl (C=O) groups is 1. The molecule has 20 heavy (non-hydrogen) atoms. The first kappa shape index (κ1) is 15.3. The molecule has 0 aliphatic heterocycles. The maximum atomic E-state index is 11.6. The zero-order chi connectivity index (χ0) is 15.3. The van der Waals surface area contributed by atoms with Gasteiger partial charge in [-0.3, -0.25) is 25.1 Å². The van der Waals surface area contributed by atoms with Crippen molar-refractivity contribution in [3.8, 4) is 0 Å². The van der Waals surface area contributed by atoms with E-state index in [2.05, 4.69) is 4.74 Å². The predicted octanol–water partition coefficient (Wildman–Crippen LogP) is 2.03. The first-order valence-electron chi connectivity index (χ1n) is 5.36. The van der Waals surface area contributed by atoms with E-state index in [1.165, 1.54) is 0 Å². The van der Waals surface area contributed by atoms with Crippen molar-refractivity contribution in [1.29, 1.82) is 0 Å². The van der Waals surface area contributed by atoms with Gasteiger partial charge in [0.05, 0.1) is 29.6 Å². The summed E-state index contributed by atoms with van der Waals surface area (Å²) in [4.78, 5) is 36.2. The van der Waals surface area contributed by atoms with E-state index in [-0.39, 0.29) is 12.3 Å². The number of rotatable bonds is 5. The highest BCUT2D eigenvalue weighted by Gasteiger charge is 2.28. The third-order valence-electron chi connectivity index (χ3n) is 2.20. The number of benzene rings is 1. The topological polar surface area (TPSA) is 125 Å². The SMILES string of the molecule is CCOC(=O)N(OC)c1ccc([N+](=O)[O-])cc1[N+](=O)[O-]. The van der Waals surface area contributed by atoms with Gasteiger partial charge in [-0.15, -0.1) is 5.06 Å². The molecule has 0 spiro atoms. The summed E-state index contributed by atoms with van der Waals surface area (Å²) in [6.07, 6.45) is -0.966. The standard InChI is InChI=1S/C10H11N3O7/c1-3-20-10(14)11(19-2)8-5-4-7(12(15)16)6-9(8)13(17)18/h4-6H,3H2,1-2H3. The summed E-state index contributed by atoms with van der Waals surface area (Å²) in [5, 5.41) is 22.1. The average Bonchev–Trinajstić information content (AvgIpc) is 2.39. The molecule has 1 aromatic rings. The van der Waals surface area contributed by atoms with E-state index in [0.29, 0.717) is 5.06 Å². The van der Waals surface area contributed by atoms with Crippen molar-refractivity contribution in [2.24, 2.45) is 0 Å². The molecule has 0 atom stereocenters. The van der Waals surface area contributed by atoms with Crippen LogP contribution >= 0.6 is 0 Å². The number of carbonyl (C=O) groups excluding carboxylic acids is 1. The number of nitrogens with zero attached hydrogens (tertiary/aromatic N) is 3. The van der Waals surface area contributed by atoms with Crippen LogP contribution in [0.5, 0.6) is 0 Å². The Kier molecular flexibility index (Phi) is 4.92. The summed E-state index contributed by atoms with van der Waals surface area (Å²) in [5.41, 5.74) is -1.38. The molecule has 0 unspecified atom stereocenters. The smallest absolute Gasteiger partial charge is 0.439 e. The van der Waals surface area contributed by atoms with Crippen LogP contribution in [0.3, 0.4) is 0 Å². The van der Waals surface area contributed by atoms with E-state index in [9.17, 15) is 25.0 Å². The molecule has 0 aliphatic rings. The van der Waals surface area contributed by atoms with Gasteiger partial charge in [0.25, 0.3) is 5.69 Å². The lowest BCUT2D eigenvalue weighted by molar-refractivity contribution is -0.393. The Balaban J connectivity index is 3.31. The Morgan fingerprint density at radius 2 is 1.95 bits per heavy atom. The van der Waals surface area contributed by atoms with E-state index in [0.717, 1.165) is 25.3 Å². The largest absolute Gasteiger partial charge is 0.448 e. The number of anilines is 1. The molecule has 0 aromatic heterocycles. The van der Waals surface area contributed by atoms with E-state index in [4.69, 9.17) is 4.84 Å². The molecule has 0 fully saturated rings. The third-order valence-corrected chi connectivity index (χ3v) is 2.20. The van der Waals surface area contributed by atoms with Crippen molar-refractivity contribution in [2.75, 3.05) is 18.8 Å². The molecule has 0 radical (unpaired) electrons. The highest BCUT2D eigenvalue weighted by atomic mass is 16.7. The van der Waals surface area contributed by atoms with Crippen molar-refractivity contribution < 1.29 is 24.2 Å². The molecule has 0 saturated carbocycles. The number of nitro groups is 2. The molecule has 1 aromatic carbocycles. The molecule has 0 saturated heterocycles. The van der Waals surface area contributed by atoms with E-state index in [1.807, 2.05) is 0 Å². The molecule has 1 amide bonds. The van der Waals surface area contributed by atoms with Crippen LogP contribution in [0.4, 0.5) is 21.9 Å². The molecule has 0 N–H and O–H groups in total. The number of hydroxylamine groups is 1. The summed E-state index contributed by atoms with van der Waals surface area (Å²) in [6.45, 7) is 1.59. The van der Waals surface area contributed by atoms with Gasteiger partial charge >= 0.3 is 11.8 Å². The Hall–Kier alpha value is -2.75. The first-order chi connectivity index (χ1) is 9.42. The zero-order valence-corrected chi connectivity index (χ0v) is 10.6. The summed E-state index contributed by atoms with van der Waals surface area (Å²) >= 11 is 0. The van der Waals surface area contributed by atoms with Crippen molar-refractivity contribution in [2.45, 2.75) is 6.92 Å². The minimum absolute atomic E-state index is 0.0411. The Morgan fingerprint density at radius 3 is 2.40 bits per heavy atom. The van der Waals surface area contributed by atoms with Crippen molar-refractivity contribution in [1.82, 2.24) is 0 Å². The third kappa shape index (κ3) is 3.17. The molecule has 0 heterocycles. The highest BCUT2D eigenvalue weighted by molar-refractivity contribution is 5.88. The van der Waals surface area contributed by atoms with Crippen LogP contribution in [-0.4, -0.2) is 29.7 Å². The second-order valence-electron chi connectivity index (χ2n) is 3.36. The van der Waals surface area contributed by atoms with Crippen LogP contribution in [0.2, 0.25) is 0 Å². The van der Waals surface area contributed by atoms with Crippen LogP contribution < -0.4 is 5.06 Å². The lowest BCUT2D eigenvalue weighted by atomic mass is 10.2. The van der Waals surface area contributed by atoms with Gasteiger partial charge < -0.3 is 4.74 Å². The Labute approximate surface area is 112 Å². The normalized spacial score (nSPS) is 9.90. The minimum atomic E-state index is -0.966. The number of hydrogen-bond acceptors (Lipinski definition) is 7. The van der Waals surface area contributed by atoms with Crippen LogP contribution in [0.15, 0.2) is 18.2 Å². The van der Waals surface area contributed by atoms with Gasteiger partial charge in [0, 0.05) is 6.07 Å². The van der Waals surface area contributed by atoms with Crippen molar-refractivity contribution in [3.05, 3.63) is 38.4 Å². The minimum Gasteiger partial charge on any atom is -0.448 e. The summed E-state index contributed by atoms with van der Waals surface area (Å²) in [6, 6.07) is 2.80. The number of non-ortho nitro benzene ring substituents is 1. The van der Waals surface area contributed by atoms with Gasteiger partial charge in [0.2, 0.25) is 0 Å². The Morgan fingerprint density at radius 1 is 1.30 bits per heavy atom. The fourth-order valence-electron chi connectivity index (χ4n) is 1.40. The monoisotopic (exact) mass is 285 g/mol. The zero-order valence-electron chi connectivity index (χ0n) is 10.6. The molecular weight excluding hydrogens is 274 g/mol. The predicted molar refractivity (Wildman–Crippen MR) is 66.3 cm³/mol. The second-order valence-corrected chi connectivity index (χ2v) is 3.36. The van der Waals surface area contributed by atoms with E-state index < -0.39 is 27.3 Å². The van der Waals surface area contributed by atoms with Crippen LogP contribution in [0.25, 0.3) is 0 Å². The number of nitro benzene ring substituents is 2. The second kappa shape index (κ2) is 6.43. The van der Waals surface area contributed by atoms with Crippen LogP contribution in [0, 0.1) is 20.2 Å². The summed E-state index contributed by atoms with van der Waals surface area (Å²) in [7, 11) is 1.11. The van der Waals surface area contributed by atoms with Gasteiger partial charge in [0.15, 0.2) is 5.69 Å². The van der Waals surface area contributed by atoms with Gasteiger partial charge in [0.1, 0.15) is 0 Å². The molecule has 0 aliphatic carbocycles. The number of amides is 1. The Bertz CT molecular complexity index is 546. The van der Waals surface area contributed by atoms with Crippen molar-refractivity contribution >= 4 is 23.2 Å². The summed E-state index contributed by atoms with van der Waals surface area (Å²) in [5.74, 6) is 0. The van der Waals surface area contributed by atoms with Gasteiger partial charge in [-0.2, -0.15) is 0 Å². The maximum absolute atomic E-state index is 11.6. The number of hydrogen-bond donors (Lipinski definition) is 0. The lowest BCUT2D eigenvalue weighted by Crippen LogP contribution is -2.31. The maximum Gasteiger partial charge on any atom is 0.439 e.